The Hall–Kier alpha value is -1.11. The zero-order valence-corrected chi connectivity index (χ0v) is 16.1. The number of ether oxygens (including phenoxy) is 2. The molecule has 4 nitrogen and oxygen atoms in total. The maximum Gasteiger partial charge on any atom is 0.311 e. The van der Waals surface area contributed by atoms with Crippen LogP contribution in [0.5, 0.6) is 11.5 Å². The molecule has 0 aliphatic rings. The lowest BCUT2D eigenvalue weighted by atomic mass is 10.2. The van der Waals surface area contributed by atoms with Crippen molar-refractivity contribution < 1.29 is 19.1 Å². The molecule has 128 valence electrons. The molecule has 1 aromatic rings. The summed E-state index contributed by atoms with van der Waals surface area (Å²) in [6.45, 7) is 4.17. The molecule has 0 saturated heterocycles. The van der Waals surface area contributed by atoms with E-state index in [2.05, 4.69) is 36.4 Å². The molecule has 5 heteroatoms. The van der Waals surface area contributed by atoms with Crippen LogP contribution in [0, 0.1) is 3.57 Å². The molecule has 1 rings (SSSR count). The molecule has 0 saturated carbocycles. The van der Waals surface area contributed by atoms with Crippen molar-refractivity contribution in [2.24, 2.45) is 0 Å². The second kappa shape index (κ2) is 11.4. The standard InChI is InChI=1S/C18H25IO4/c1-3-5-7-9-17(20)22-15-12-11-14(19)13-16(15)23-18(21)10-8-6-4-2/h11-13H,3-10H2,1-2H3. The second-order valence-corrected chi connectivity index (χ2v) is 6.70. The molecule has 0 aromatic heterocycles. The number of hydrogen-bond acceptors (Lipinski definition) is 4. The van der Waals surface area contributed by atoms with Crippen LogP contribution in [0.2, 0.25) is 0 Å². The van der Waals surface area contributed by atoms with Crippen LogP contribution in [0.15, 0.2) is 18.2 Å². The third kappa shape index (κ3) is 8.34. The van der Waals surface area contributed by atoms with Crippen LogP contribution in [-0.4, -0.2) is 11.9 Å². The van der Waals surface area contributed by atoms with E-state index in [0.717, 1.165) is 42.1 Å². The van der Waals surface area contributed by atoms with Gasteiger partial charge in [-0.2, -0.15) is 0 Å². The van der Waals surface area contributed by atoms with Crippen LogP contribution >= 0.6 is 22.6 Å². The van der Waals surface area contributed by atoms with Crippen molar-refractivity contribution in [3.63, 3.8) is 0 Å². The van der Waals surface area contributed by atoms with E-state index in [-0.39, 0.29) is 11.9 Å². The van der Waals surface area contributed by atoms with E-state index in [1.807, 2.05) is 6.07 Å². The van der Waals surface area contributed by atoms with E-state index >= 15 is 0 Å². The Morgan fingerprint density at radius 3 is 1.91 bits per heavy atom. The van der Waals surface area contributed by atoms with E-state index in [1.165, 1.54) is 0 Å². The molecule has 0 N–H and O–H groups in total. The first kappa shape index (κ1) is 19.9. The highest BCUT2D eigenvalue weighted by molar-refractivity contribution is 14.1. The smallest absolute Gasteiger partial charge is 0.311 e. The monoisotopic (exact) mass is 432 g/mol. The van der Waals surface area contributed by atoms with E-state index < -0.39 is 0 Å². The predicted octanol–water partition coefficient (Wildman–Crippen LogP) is 5.26. The quantitative estimate of drug-likeness (QED) is 0.219. The first-order valence-electron chi connectivity index (χ1n) is 8.27. The van der Waals surface area contributed by atoms with Gasteiger partial charge in [0.25, 0.3) is 0 Å². The van der Waals surface area contributed by atoms with Gasteiger partial charge in [0.15, 0.2) is 11.5 Å². The number of rotatable bonds is 10. The SMILES string of the molecule is CCCCCC(=O)Oc1ccc(I)cc1OC(=O)CCCCC. The van der Waals surface area contributed by atoms with Crippen molar-refractivity contribution in [3.05, 3.63) is 21.8 Å². The van der Waals surface area contributed by atoms with Gasteiger partial charge in [-0.25, -0.2) is 0 Å². The molecule has 0 aliphatic carbocycles. The zero-order valence-electron chi connectivity index (χ0n) is 13.9. The Balaban J connectivity index is 2.65. The van der Waals surface area contributed by atoms with Crippen LogP contribution in [0.1, 0.15) is 65.2 Å². The van der Waals surface area contributed by atoms with Crippen LogP contribution in [0.3, 0.4) is 0 Å². The van der Waals surface area contributed by atoms with E-state index in [0.29, 0.717) is 24.3 Å². The first-order valence-corrected chi connectivity index (χ1v) is 9.35. The lowest BCUT2D eigenvalue weighted by molar-refractivity contribution is -0.137. The molecular weight excluding hydrogens is 407 g/mol. The number of halogens is 1. The summed E-state index contributed by atoms with van der Waals surface area (Å²) in [5, 5.41) is 0. The fraction of sp³-hybridized carbons (Fsp3) is 0.556. The summed E-state index contributed by atoms with van der Waals surface area (Å²) < 4.78 is 11.7. The largest absolute Gasteiger partial charge is 0.423 e. The number of carbonyl (C=O) groups is 2. The lowest BCUT2D eigenvalue weighted by Gasteiger charge is -2.11. The molecule has 0 bridgehead atoms. The number of benzene rings is 1. The summed E-state index contributed by atoms with van der Waals surface area (Å²) in [7, 11) is 0. The molecule has 23 heavy (non-hydrogen) atoms. The average Bonchev–Trinajstić information content (AvgIpc) is 2.50. The van der Waals surface area contributed by atoms with Crippen molar-refractivity contribution in [3.8, 4) is 11.5 Å². The van der Waals surface area contributed by atoms with Gasteiger partial charge in [0.1, 0.15) is 0 Å². The molecule has 0 radical (unpaired) electrons. The highest BCUT2D eigenvalue weighted by Crippen LogP contribution is 2.30. The third-order valence-corrected chi connectivity index (χ3v) is 3.99. The van der Waals surface area contributed by atoms with Crippen molar-refractivity contribution in [2.45, 2.75) is 65.2 Å². The summed E-state index contributed by atoms with van der Waals surface area (Å²) >= 11 is 2.13. The van der Waals surface area contributed by atoms with Gasteiger partial charge in [-0.1, -0.05) is 39.5 Å². The lowest BCUT2D eigenvalue weighted by Crippen LogP contribution is -2.12. The number of hydrogen-bond donors (Lipinski definition) is 0. The van der Waals surface area contributed by atoms with Crippen LogP contribution < -0.4 is 9.47 Å². The minimum Gasteiger partial charge on any atom is -0.423 e. The van der Waals surface area contributed by atoms with E-state index in [9.17, 15) is 9.59 Å². The molecule has 0 spiro atoms. The molecule has 0 atom stereocenters. The molecule has 1 aromatic carbocycles. The van der Waals surface area contributed by atoms with E-state index in [1.54, 1.807) is 12.1 Å². The zero-order chi connectivity index (χ0) is 17.1. The van der Waals surface area contributed by atoms with Gasteiger partial charge in [-0.3, -0.25) is 9.59 Å². The fourth-order valence-electron chi connectivity index (χ4n) is 2.03. The third-order valence-electron chi connectivity index (χ3n) is 3.32. The highest BCUT2D eigenvalue weighted by Gasteiger charge is 2.14. The number of esters is 2. The maximum absolute atomic E-state index is 11.9. The van der Waals surface area contributed by atoms with Gasteiger partial charge in [-0.15, -0.1) is 0 Å². The summed E-state index contributed by atoms with van der Waals surface area (Å²) in [4.78, 5) is 23.7. The Kier molecular flexibility index (Phi) is 9.91. The molecule has 0 fully saturated rings. The topological polar surface area (TPSA) is 52.6 Å². The molecule has 0 amide bonds. The van der Waals surface area contributed by atoms with Gasteiger partial charge in [-0.05, 0) is 53.6 Å². The Morgan fingerprint density at radius 2 is 1.39 bits per heavy atom. The second-order valence-electron chi connectivity index (χ2n) is 5.45. The number of carbonyl (C=O) groups excluding carboxylic acids is 2. The Morgan fingerprint density at radius 1 is 0.870 bits per heavy atom. The first-order chi connectivity index (χ1) is 11.1. The van der Waals surface area contributed by atoms with Crippen LogP contribution in [0.25, 0.3) is 0 Å². The summed E-state index contributed by atoms with van der Waals surface area (Å²) in [6.07, 6.45) is 6.49. The molecular formula is C18H25IO4. The average molecular weight is 432 g/mol. The van der Waals surface area contributed by atoms with Crippen molar-refractivity contribution in [1.29, 1.82) is 0 Å². The normalized spacial score (nSPS) is 10.4. The van der Waals surface area contributed by atoms with Gasteiger partial charge in [0.05, 0.1) is 0 Å². The van der Waals surface area contributed by atoms with Crippen LogP contribution in [0.4, 0.5) is 0 Å². The van der Waals surface area contributed by atoms with Crippen LogP contribution in [-0.2, 0) is 9.59 Å². The fourth-order valence-corrected chi connectivity index (χ4v) is 2.49. The summed E-state index contributed by atoms with van der Waals surface area (Å²) in [5.41, 5.74) is 0. The summed E-state index contributed by atoms with van der Waals surface area (Å²) in [5.74, 6) is 0.0599. The summed E-state index contributed by atoms with van der Waals surface area (Å²) in [6, 6.07) is 5.21. The Labute approximate surface area is 152 Å². The maximum atomic E-state index is 11.9. The molecule has 0 aliphatic heterocycles. The van der Waals surface area contributed by atoms with Gasteiger partial charge >= 0.3 is 11.9 Å². The van der Waals surface area contributed by atoms with E-state index in [4.69, 9.17) is 9.47 Å². The van der Waals surface area contributed by atoms with Gasteiger partial charge in [0.2, 0.25) is 0 Å². The van der Waals surface area contributed by atoms with Gasteiger partial charge in [0, 0.05) is 16.4 Å². The molecule has 0 unspecified atom stereocenters. The van der Waals surface area contributed by atoms with Crippen molar-refractivity contribution in [1.82, 2.24) is 0 Å². The minimum atomic E-state index is -0.289. The predicted molar refractivity (Wildman–Crippen MR) is 98.7 cm³/mol. The highest BCUT2D eigenvalue weighted by atomic mass is 127. The van der Waals surface area contributed by atoms with Crippen molar-refractivity contribution in [2.75, 3.05) is 0 Å². The van der Waals surface area contributed by atoms with Gasteiger partial charge < -0.3 is 9.47 Å². The Bertz CT molecular complexity index is 514. The van der Waals surface area contributed by atoms with Crippen molar-refractivity contribution >= 4 is 34.5 Å². The number of unbranched alkanes of at least 4 members (excludes halogenated alkanes) is 4. The minimum absolute atomic E-state index is 0.288. The molecule has 0 heterocycles.